The Balaban J connectivity index is 1.92. The monoisotopic (exact) mass is 290 g/mol. The van der Waals surface area contributed by atoms with Gasteiger partial charge in [0.1, 0.15) is 17.0 Å². The standard InChI is InChI=1S/C17H11FN4/c18-13-4-2-1-3-12(13)14-5-6-15-17(20-14)16(22-21-15)11-7-9-19-10-8-11/h1-10H,(H,21,22). The maximum atomic E-state index is 14.0. The number of halogens is 1. The van der Waals surface area contributed by atoms with Crippen LogP contribution in [0.3, 0.4) is 0 Å². The Morgan fingerprint density at radius 3 is 2.55 bits per heavy atom. The van der Waals surface area contributed by atoms with Gasteiger partial charge in [-0.05, 0) is 36.4 Å². The van der Waals surface area contributed by atoms with Crippen LogP contribution in [-0.2, 0) is 0 Å². The zero-order valence-electron chi connectivity index (χ0n) is 11.5. The van der Waals surface area contributed by atoms with Crippen LogP contribution in [0.2, 0.25) is 0 Å². The van der Waals surface area contributed by atoms with Crippen molar-refractivity contribution in [3.8, 4) is 22.5 Å². The summed E-state index contributed by atoms with van der Waals surface area (Å²) in [6, 6.07) is 14.0. The number of aromatic nitrogens is 4. The molecule has 0 atom stereocenters. The van der Waals surface area contributed by atoms with Crippen LogP contribution >= 0.6 is 0 Å². The second-order valence-electron chi connectivity index (χ2n) is 4.88. The van der Waals surface area contributed by atoms with E-state index in [1.807, 2.05) is 18.2 Å². The molecule has 4 aromatic rings. The van der Waals surface area contributed by atoms with Gasteiger partial charge >= 0.3 is 0 Å². The van der Waals surface area contributed by atoms with Gasteiger partial charge < -0.3 is 0 Å². The number of H-pyrrole nitrogens is 1. The molecule has 0 aliphatic rings. The highest BCUT2D eigenvalue weighted by molar-refractivity contribution is 5.90. The molecule has 0 aliphatic heterocycles. The second-order valence-corrected chi connectivity index (χ2v) is 4.88. The first kappa shape index (κ1) is 12.6. The minimum absolute atomic E-state index is 0.289. The Labute approximate surface area is 125 Å². The highest BCUT2D eigenvalue weighted by Gasteiger charge is 2.12. The molecular formula is C17H11FN4. The van der Waals surface area contributed by atoms with Gasteiger partial charge in [-0.1, -0.05) is 12.1 Å². The first-order valence-corrected chi connectivity index (χ1v) is 6.83. The van der Waals surface area contributed by atoms with Crippen LogP contribution in [0.1, 0.15) is 0 Å². The van der Waals surface area contributed by atoms with Crippen molar-refractivity contribution in [3.63, 3.8) is 0 Å². The maximum Gasteiger partial charge on any atom is 0.132 e. The number of aromatic amines is 1. The second kappa shape index (κ2) is 5.04. The highest BCUT2D eigenvalue weighted by Crippen LogP contribution is 2.28. The lowest BCUT2D eigenvalue weighted by atomic mass is 10.1. The zero-order chi connectivity index (χ0) is 14.9. The van der Waals surface area contributed by atoms with Gasteiger partial charge in [-0.2, -0.15) is 5.10 Å². The number of nitrogens with one attached hydrogen (secondary N) is 1. The predicted molar refractivity (Wildman–Crippen MR) is 82.5 cm³/mol. The number of fused-ring (bicyclic) bond motifs is 1. The SMILES string of the molecule is Fc1ccccc1-c1ccc2[nH]nc(-c3ccncc3)c2n1. The lowest BCUT2D eigenvalue weighted by molar-refractivity contribution is 0.631. The van der Waals surface area contributed by atoms with E-state index in [1.54, 1.807) is 36.7 Å². The summed E-state index contributed by atoms with van der Waals surface area (Å²) < 4.78 is 14.0. The molecule has 3 aromatic heterocycles. The molecule has 0 amide bonds. The third kappa shape index (κ3) is 2.03. The van der Waals surface area contributed by atoms with E-state index < -0.39 is 0 Å². The molecule has 22 heavy (non-hydrogen) atoms. The van der Waals surface area contributed by atoms with Crippen molar-refractivity contribution < 1.29 is 4.39 Å². The number of pyridine rings is 2. The molecule has 0 bridgehead atoms. The Kier molecular flexibility index (Phi) is 2.89. The first-order chi connectivity index (χ1) is 10.8. The molecule has 4 nitrogen and oxygen atoms in total. The van der Waals surface area contributed by atoms with Crippen LogP contribution in [0.25, 0.3) is 33.5 Å². The number of hydrogen-bond donors (Lipinski definition) is 1. The number of hydrogen-bond acceptors (Lipinski definition) is 3. The minimum Gasteiger partial charge on any atom is -0.276 e. The van der Waals surface area contributed by atoms with E-state index in [-0.39, 0.29) is 5.82 Å². The van der Waals surface area contributed by atoms with E-state index in [9.17, 15) is 4.39 Å². The van der Waals surface area contributed by atoms with Crippen LogP contribution in [0.5, 0.6) is 0 Å². The Hall–Kier alpha value is -3.08. The average molecular weight is 290 g/mol. The summed E-state index contributed by atoms with van der Waals surface area (Å²) >= 11 is 0. The fourth-order valence-corrected chi connectivity index (χ4v) is 2.43. The maximum absolute atomic E-state index is 14.0. The number of benzene rings is 1. The molecule has 0 saturated carbocycles. The van der Waals surface area contributed by atoms with Gasteiger partial charge in [0.15, 0.2) is 0 Å². The predicted octanol–water partition coefficient (Wildman–Crippen LogP) is 3.83. The quantitative estimate of drug-likeness (QED) is 0.610. The van der Waals surface area contributed by atoms with Gasteiger partial charge in [0, 0.05) is 23.5 Å². The first-order valence-electron chi connectivity index (χ1n) is 6.83. The summed E-state index contributed by atoms with van der Waals surface area (Å²) in [6.45, 7) is 0. The van der Waals surface area contributed by atoms with Crippen LogP contribution < -0.4 is 0 Å². The van der Waals surface area contributed by atoms with Crippen LogP contribution in [0, 0.1) is 5.82 Å². The molecular weight excluding hydrogens is 279 g/mol. The van der Waals surface area contributed by atoms with Crippen molar-refractivity contribution in [3.05, 3.63) is 66.7 Å². The molecule has 1 N–H and O–H groups in total. The van der Waals surface area contributed by atoms with Gasteiger partial charge in [0.2, 0.25) is 0 Å². The fraction of sp³-hybridized carbons (Fsp3) is 0. The molecule has 0 radical (unpaired) electrons. The van der Waals surface area contributed by atoms with E-state index in [4.69, 9.17) is 0 Å². The highest BCUT2D eigenvalue weighted by atomic mass is 19.1. The molecule has 0 spiro atoms. The molecule has 4 rings (SSSR count). The summed E-state index contributed by atoms with van der Waals surface area (Å²) in [7, 11) is 0. The number of nitrogens with zero attached hydrogens (tertiary/aromatic N) is 3. The van der Waals surface area contributed by atoms with E-state index in [0.29, 0.717) is 16.8 Å². The topological polar surface area (TPSA) is 54.5 Å². The minimum atomic E-state index is -0.289. The van der Waals surface area contributed by atoms with E-state index in [1.165, 1.54) is 6.07 Å². The molecule has 1 aromatic carbocycles. The Morgan fingerprint density at radius 2 is 1.73 bits per heavy atom. The lowest BCUT2D eigenvalue weighted by Gasteiger charge is -2.03. The fourth-order valence-electron chi connectivity index (χ4n) is 2.43. The van der Waals surface area contributed by atoms with Gasteiger partial charge in [-0.3, -0.25) is 10.1 Å². The van der Waals surface area contributed by atoms with E-state index in [0.717, 1.165) is 16.8 Å². The van der Waals surface area contributed by atoms with Crippen molar-refractivity contribution >= 4 is 11.0 Å². The summed E-state index contributed by atoms with van der Waals surface area (Å²) in [5.74, 6) is -0.289. The van der Waals surface area contributed by atoms with E-state index >= 15 is 0 Å². The normalized spacial score (nSPS) is 11.0. The summed E-state index contributed by atoms with van der Waals surface area (Å²) in [6.07, 6.45) is 3.41. The van der Waals surface area contributed by atoms with E-state index in [2.05, 4.69) is 20.2 Å². The van der Waals surface area contributed by atoms with Gasteiger partial charge in [0.05, 0.1) is 11.2 Å². The van der Waals surface area contributed by atoms with Crippen molar-refractivity contribution in [1.29, 1.82) is 0 Å². The molecule has 0 saturated heterocycles. The molecule has 0 fully saturated rings. The third-order valence-electron chi connectivity index (χ3n) is 3.51. The zero-order valence-corrected chi connectivity index (χ0v) is 11.5. The summed E-state index contributed by atoms with van der Waals surface area (Å²) in [5, 5.41) is 7.27. The average Bonchev–Trinajstić information content (AvgIpc) is 2.99. The molecule has 5 heteroatoms. The Bertz CT molecular complexity index is 947. The Morgan fingerprint density at radius 1 is 0.909 bits per heavy atom. The summed E-state index contributed by atoms with van der Waals surface area (Å²) in [5.41, 5.74) is 4.24. The smallest absolute Gasteiger partial charge is 0.132 e. The van der Waals surface area contributed by atoms with Gasteiger partial charge in [0.25, 0.3) is 0 Å². The molecule has 106 valence electrons. The van der Waals surface area contributed by atoms with Crippen molar-refractivity contribution in [2.24, 2.45) is 0 Å². The van der Waals surface area contributed by atoms with Crippen molar-refractivity contribution in [2.45, 2.75) is 0 Å². The van der Waals surface area contributed by atoms with Crippen LogP contribution in [-0.4, -0.2) is 20.2 Å². The van der Waals surface area contributed by atoms with Crippen molar-refractivity contribution in [2.75, 3.05) is 0 Å². The third-order valence-corrected chi connectivity index (χ3v) is 3.51. The molecule has 0 aliphatic carbocycles. The number of rotatable bonds is 2. The van der Waals surface area contributed by atoms with Gasteiger partial charge in [-0.15, -0.1) is 0 Å². The van der Waals surface area contributed by atoms with Crippen LogP contribution in [0.4, 0.5) is 4.39 Å². The largest absolute Gasteiger partial charge is 0.276 e. The van der Waals surface area contributed by atoms with Crippen molar-refractivity contribution in [1.82, 2.24) is 20.2 Å². The summed E-state index contributed by atoms with van der Waals surface area (Å²) in [4.78, 5) is 8.59. The molecule has 0 unspecified atom stereocenters. The van der Waals surface area contributed by atoms with Gasteiger partial charge in [-0.25, -0.2) is 9.37 Å². The van der Waals surface area contributed by atoms with Crippen LogP contribution in [0.15, 0.2) is 60.9 Å². The lowest BCUT2D eigenvalue weighted by Crippen LogP contribution is -1.88. The molecule has 3 heterocycles.